The van der Waals surface area contributed by atoms with E-state index in [9.17, 15) is 4.79 Å². The van der Waals surface area contributed by atoms with E-state index in [1.54, 1.807) is 30.3 Å². The van der Waals surface area contributed by atoms with Gasteiger partial charge in [-0.1, -0.05) is 53.0 Å². The summed E-state index contributed by atoms with van der Waals surface area (Å²) in [5, 5.41) is 15.3. The van der Waals surface area contributed by atoms with Gasteiger partial charge in [-0.05, 0) is 56.3 Å². The lowest BCUT2D eigenvalue weighted by Gasteiger charge is -2.24. The van der Waals surface area contributed by atoms with Gasteiger partial charge >= 0.3 is 0 Å². The predicted octanol–water partition coefficient (Wildman–Crippen LogP) is 6.59. The lowest BCUT2D eigenvalue weighted by Crippen LogP contribution is -2.45. The second kappa shape index (κ2) is 10.0. The van der Waals surface area contributed by atoms with Crippen LogP contribution in [0, 0.1) is 0 Å². The molecule has 2 N–H and O–H groups in total. The molecule has 2 heterocycles. The Morgan fingerprint density at radius 3 is 2.41 bits per heavy atom. The molecule has 2 aromatic carbocycles. The number of hydrogen-bond donors (Lipinski definition) is 2. The number of carbonyl (C=O) groups excluding carboxylic acids is 1. The fraction of sp³-hybridized carbons (Fsp3) is 0.167. The monoisotopic (exact) mass is 515 g/mol. The molecule has 0 radical (unpaired) electrons. The van der Waals surface area contributed by atoms with Crippen LogP contribution in [0.25, 0.3) is 11.5 Å². The summed E-state index contributed by atoms with van der Waals surface area (Å²) in [5.41, 5.74) is 1.43. The molecule has 4 aromatic rings. The van der Waals surface area contributed by atoms with E-state index in [2.05, 4.69) is 25.8 Å². The van der Waals surface area contributed by atoms with Crippen molar-refractivity contribution in [2.24, 2.45) is 0 Å². The van der Waals surface area contributed by atoms with Gasteiger partial charge in [0, 0.05) is 22.5 Å². The number of benzene rings is 2. The van der Waals surface area contributed by atoms with Gasteiger partial charge in [0.05, 0.1) is 16.4 Å². The van der Waals surface area contributed by atoms with Crippen molar-refractivity contribution >= 4 is 52.1 Å². The van der Waals surface area contributed by atoms with Gasteiger partial charge in [0.1, 0.15) is 5.69 Å². The van der Waals surface area contributed by atoms with Crippen LogP contribution in [0.15, 0.2) is 65.1 Å². The Morgan fingerprint density at radius 2 is 1.71 bits per heavy atom. The molecule has 0 fully saturated rings. The molecular weight excluding hydrogens is 497 g/mol. The number of amides is 1. The number of aromatic nitrogens is 3. The number of carbonyl (C=O) groups is 1. The summed E-state index contributed by atoms with van der Waals surface area (Å²) in [7, 11) is 0. The van der Waals surface area contributed by atoms with Gasteiger partial charge in [-0.25, -0.2) is 4.98 Å². The molecule has 7 nitrogen and oxygen atoms in total. The summed E-state index contributed by atoms with van der Waals surface area (Å²) in [5.74, 6) is 0.454. The van der Waals surface area contributed by atoms with E-state index in [0.717, 1.165) is 5.56 Å². The fourth-order valence-electron chi connectivity index (χ4n) is 3.21. The van der Waals surface area contributed by atoms with Crippen LogP contribution in [0.4, 0.5) is 11.4 Å². The molecule has 0 aliphatic rings. The van der Waals surface area contributed by atoms with Crippen molar-refractivity contribution in [2.75, 3.05) is 5.32 Å². The van der Waals surface area contributed by atoms with E-state index < -0.39 is 5.54 Å². The largest absolute Gasteiger partial charge is 0.421 e. The zero-order valence-corrected chi connectivity index (χ0v) is 20.5. The molecule has 174 valence electrons. The maximum atomic E-state index is 12.8. The Kier molecular flexibility index (Phi) is 7.07. The molecule has 4 rings (SSSR count). The summed E-state index contributed by atoms with van der Waals surface area (Å²) in [6, 6.07) is 17.8. The standard InChI is InChI=1S/C24H20Cl3N5O2/c1-24(2,13-20-31-32-23(34-20)14-6-4-3-5-7-14)30-22(33)19-11-10-18(21(27)29-19)28-17-9-8-15(25)12-16(17)26/h3-12,28H,13H2,1-2H3,(H,30,33). The molecule has 0 bridgehead atoms. The first-order valence-corrected chi connectivity index (χ1v) is 11.4. The van der Waals surface area contributed by atoms with Crippen molar-refractivity contribution in [2.45, 2.75) is 25.8 Å². The molecule has 0 unspecified atom stereocenters. The third kappa shape index (κ3) is 5.86. The van der Waals surface area contributed by atoms with Gasteiger partial charge in [-0.2, -0.15) is 0 Å². The summed E-state index contributed by atoms with van der Waals surface area (Å²) < 4.78 is 5.76. The molecule has 34 heavy (non-hydrogen) atoms. The molecule has 0 saturated carbocycles. The van der Waals surface area contributed by atoms with E-state index in [0.29, 0.717) is 39.6 Å². The first-order chi connectivity index (χ1) is 16.2. The minimum absolute atomic E-state index is 0.126. The molecule has 2 aromatic heterocycles. The van der Waals surface area contributed by atoms with Gasteiger partial charge in [-0.15, -0.1) is 10.2 Å². The summed E-state index contributed by atoms with van der Waals surface area (Å²) >= 11 is 18.4. The smallest absolute Gasteiger partial charge is 0.270 e. The third-order valence-corrected chi connectivity index (χ3v) is 5.65. The Bertz CT molecular complexity index is 1330. The van der Waals surface area contributed by atoms with Gasteiger partial charge in [0.2, 0.25) is 11.8 Å². The molecule has 0 aliphatic heterocycles. The van der Waals surface area contributed by atoms with Gasteiger partial charge in [0.15, 0.2) is 5.15 Å². The Morgan fingerprint density at radius 1 is 0.971 bits per heavy atom. The molecular formula is C24H20Cl3N5O2. The Balaban J connectivity index is 1.42. The highest BCUT2D eigenvalue weighted by molar-refractivity contribution is 6.36. The lowest BCUT2D eigenvalue weighted by molar-refractivity contribution is 0.0905. The summed E-state index contributed by atoms with van der Waals surface area (Å²) in [6.07, 6.45) is 0.334. The first kappa shape index (κ1) is 24.0. The van der Waals surface area contributed by atoms with E-state index in [4.69, 9.17) is 39.2 Å². The second-order valence-electron chi connectivity index (χ2n) is 8.17. The SMILES string of the molecule is CC(C)(Cc1nnc(-c2ccccc2)o1)NC(=O)c1ccc(Nc2ccc(Cl)cc2Cl)c(Cl)n1. The first-order valence-electron chi connectivity index (χ1n) is 10.3. The van der Waals surface area contributed by atoms with E-state index in [1.807, 2.05) is 44.2 Å². The Hall–Kier alpha value is -3.13. The van der Waals surface area contributed by atoms with Crippen LogP contribution < -0.4 is 10.6 Å². The van der Waals surface area contributed by atoms with Crippen molar-refractivity contribution in [3.63, 3.8) is 0 Å². The lowest BCUT2D eigenvalue weighted by atomic mass is 10.0. The molecule has 1 amide bonds. The van der Waals surface area contributed by atoms with Crippen LogP contribution in [0.5, 0.6) is 0 Å². The minimum atomic E-state index is -0.681. The van der Waals surface area contributed by atoms with Crippen molar-refractivity contribution in [3.8, 4) is 11.5 Å². The van der Waals surface area contributed by atoms with E-state index in [-0.39, 0.29) is 16.8 Å². The quantitative estimate of drug-likeness (QED) is 0.269. The van der Waals surface area contributed by atoms with E-state index >= 15 is 0 Å². The number of nitrogens with zero attached hydrogens (tertiary/aromatic N) is 3. The zero-order chi connectivity index (χ0) is 24.3. The summed E-state index contributed by atoms with van der Waals surface area (Å²) in [6.45, 7) is 3.72. The predicted molar refractivity (Wildman–Crippen MR) is 134 cm³/mol. The molecule has 0 saturated heterocycles. The number of pyridine rings is 1. The number of halogens is 3. The van der Waals surface area contributed by atoms with Crippen molar-refractivity contribution in [3.05, 3.63) is 87.4 Å². The van der Waals surface area contributed by atoms with Crippen molar-refractivity contribution < 1.29 is 9.21 Å². The Labute approximate surface area is 211 Å². The molecule has 10 heteroatoms. The minimum Gasteiger partial charge on any atom is -0.421 e. The zero-order valence-electron chi connectivity index (χ0n) is 18.3. The molecule has 0 spiro atoms. The van der Waals surface area contributed by atoms with Crippen LogP contribution in [0.2, 0.25) is 15.2 Å². The maximum Gasteiger partial charge on any atom is 0.270 e. The average molecular weight is 517 g/mol. The van der Waals surface area contributed by atoms with Crippen molar-refractivity contribution in [1.82, 2.24) is 20.5 Å². The second-order valence-corrected chi connectivity index (χ2v) is 9.37. The van der Waals surface area contributed by atoms with Gasteiger partial charge < -0.3 is 15.1 Å². The summed E-state index contributed by atoms with van der Waals surface area (Å²) in [4.78, 5) is 17.1. The topological polar surface area (TPSA) is 92.9 Å². The van der Waals surface area contributed by atoms with Crippen LogP contribution >= 0.6 is 34.8 Å². The van der Waals surface area contributed by atoms with Crippen LogP contribution in [0.1, 0.15) is 30.2 Å². The maximum absolute atomic E-state index is 12.8. The normalized spacial score (nSPS) is 11.3. The third-order valence-electron chi connectivity index (χ3n) is 4.81. The fourth-order valence-corrected chi connectivity index (χ4v) is 3.86. The van der Waals surface area contributed by atoms with Crippen LogP contribution in [-0.4, -0.2) is 26.6 Å². The highest BCUT2D eigenvalue weighted by Crippen LogP contribution is 2.31. The molecule has 0 aliphatic carbocycles. The van der Waals surface area contributed by atoms with E-state index in [1.165, 1.54) is 0 Å². The van der Waals surface area contributed by atoms with Gasteiger partial charge in [0.25, 0.3) is 5.91 Å². The average Bonchev–Trinajstić information content (AvgIpc) is 3.24. The van der Waals surface area contributed by atoms with Crippen LogP contribution in [0.3, 0.4) is 0 Å². The van der Waals surface area contributed by atoms with Gasteiger partial charge in [-0.3, -0.25) is 4.79 Å². The van der Waals surface area contributed by atoms with Crippen LogP contribution in [-0.2, 0) is 6.42 Å². The number of nitrogens with one attached hydrogen (secondary N) is 2. The number of hydrogen-bond acceptors (Lipinski definition) is 6. The highest BCUT2D eigenvalue weighted by Gasteiger charge is 2.26. The number of rotatable bonds is 7. The van der Waals surface area contributed by atoms with Crippen molar-refractivity contribution in [1.29, 1.82) is 0 Å². The molecule has 0 atom stereocenters. The number of anilines is 2. The highest BCUT2D eigenvalue weighted by atomic mass is 35.5.